The number of urea groups is 1. The van der Waals surface area contributed by atoms with Gasteiger partial charge in [-0.1, -0.05) is 36.4 Å². The number of hydrogen-bond donors (Lipinski definition) is 1. The summed E-state index contributed by atoms with van der Waals surface area (Å²) < 4.78 is 1.68. The van der Waals surface area contributed by atoms with Gasteiger partial charge in [-0.05, 0) is 42.2 Å². The fraction of sp³-hybridized carbons (Fsp3) is 0.350. The van der Waals surface area contributed by atoms with Crippen molar-refractivity contribution >= 4 is 16.8 Å². The van der Waals surface area contributed by atoms with E-state index >= 15 is 0 Å². The molecule has 134 valence electrons. The van der Waals surface area contributed by atoms with Crippen molar-refractivity contribution < 1.29 is 4.79 Å². The molecule has 1 fully saturated rings. The third kappa shape index (κ3) is 3.27. The van der Waals surface area contributed by atoms with Crippen LogP contribution in [0.3, 0.4) is 0 Å². The number of amides is 2. The predicted octanol–water partition coefficient (Wildman–Crippen LogP) is 3.40. The second-order valence-corrected chi connectivity index (χ2v) is 6.88. The van der Waals surface area contributed by atoms with Crippen molar-refractivity contribution in [3.63, 3.8) is 0 Å². The van der Waals surface area contributed by atoms with Gasteiger partial charge in [-0.25, -0.2) is 9.78 Å². The number of carbonyl (C=O) groups excluding carboxylic acids is 1. The summed E-state index contributed by atoms with van der Waals surface area (Å²) in [5.74, 6) is 0.743. The van der Waals surface area contributed by atoms with Crippen molar-refractivity contribution in [2.24, 2.45) is 7.05 Å². The largest absolute Gasteiger partial charge is 0.331 e. The van der Waals surface area contributed by atoms with Crippen molar-refractivity contribution in [1.29, 1.82) is 0 Å². The minimum absolute atomic E-state index is 0.0200. The fourth-order valence-electron chi connectivity index (χ4n) is 3.37. The number of carbonyl (C=O) groups is 1. The van der Waals surface area contributed by atoms with E-state index in [-0.39, 0.29) is 12.1 Å². The van der Waals surface area contributed by atoms with Gasteiger partial charge < -0.3 is 10.2 Å². The number of rotatable bonds is 5. The molecule has 3 aromatic rings. The first-order valence-corrected chi connectivity index (χ1v) is 9.01. The highest BCUT2D eigenvalue weighted by molar-refractivity contribution is 5.83. The van der Waals surface area contributed by atoms with E-state index in [4.69, 9.17) is 0 Å². The standard InChI is InChI=1S/C20H23N5O/c1-14(16-8-7-15-5-3-4-6-17(15)11-16)25(18-9-10-18)20(26)21-12-19-22-13-23-24(19)2/h3-8,11,13-14,18H,9-10,12H2,1-2H3,(H,21,26). The molecule has 1 aromatic heterocycles. The van der Waals surface area contributed by atoms with Gasteiger partial charge in [0.2, 0.25) is 0 Å². The lowest BCUT2D eigenvalue weighted by Crippen LogP contribution is -2.42. The summed E-state index contributed by atoms with van der Waals surface area (Å²) >= 11 is 0. The van der Waals surface area contributed by atoms with Crippen LogP contribution in [0.1, 0.15) is 37.2 Å². The van der Waals surface area contributed by atoms with Crippen LogP contribution < -0.4 is 5.32 Å². The molecule has 26 heavy (non-hydrogen) atoms. The van der Waals surface area contributed by atoms with E-state index in [1.54, 1.807) is 4.68 Å². The number of aromatic nitrogens is 3. The molecule has 1 heterocycles. The van der Waals surface area contributed by atoms with Gasteiger partial charge in [0.1, 0.15) is 12.2 Å². The number of nitrogens with zero attached hydrogens (tertiary/aromatic N) is 4. The van der Waals surface area contributed by atoms with Gasteiger partial charge in [0.25, 0.3) is 0 Å². The zero-order valence-electron chi connectivity index (χ0n) is 15.1. The fourth-order valence-corrected chi connectivity index (χ4v) is 3.37. The predicted molar refractivity (Wildman–Crippen MR) is 100 cm³/mol. The van der Waals surface area contributed by atoms with Gasteiger partial charge in [-0.3, -0.25) is 4.68 Å². The van der Waals surface area contributed by atoms with Crippen molar-refractivity contribution in [2.75, 3.05) is 0 Å². The van der Waals surface area contributed by atoms with E-state index in [0.29, 0.717) is 12.6 Å². The Morgan fingerprint density at radius 1 is 1.27 bits per heavy atom. The minimum atomic E-state index is -0.0452. The van der Waals surface area contributed by atoms with Gasteiger partial charge in [0.05, 0.1) is 12.6 Å². The summed E-state index contributed by atoms with van der Waals surface area (Å²) in [7, 11) is 1.82. The molecule has 0 radical (unpaired) electrons. The first kappa shape index (κ1) is 16.6. The van der Waals surface area contributed by atoms with Crippen LogP contribution in [0.2, 0.25) is 0 Å². The van der Waals surface area contributed by atoms with Crippen LogP contribution in [-0.4, -0.2) is 31.7 Å². The molecule has 0 saturated heterocycles. The molecule has 0 aliphatic heterocycles. The van der Waals surface area contributed by atoms with Crippen LogP contribution in [-0.2, 0) is 13.6 Å². The highest BCUT2D eigenvalue weighted by Crippen LogP contribution is 2.35. The molecule has 6 heteroatoms. The Bertz CT molecular complexity index is 931. The maximum Gasteiger partial charge on any atom is 0.318 e. The topological polar surface area (TPSA) is 63.1 Å². The normalized spacial score (nSPS) is 15.0. The second kappa shape index (κ2) is 6.78. The third-order valence-electron chi connectivity index (χ3n) is 5.05. The van der Waals surface area contributed by atoms with Gasteiger partial charge >= 0.3 is 6.03 Å². The summed E-state index contributed by atoms with van der Waals surface area (Å²) in [6, 6.07) is 15.0. The monoisotopic (exact) mass is 349 g/mol. The van der Waals surface area contributed by atoms with Gasteiger partial charge in [-0.2, -0.15) is 5.10 Å². The lowest BCUT2D eigenvalue weighted by Gasteiger charge is -2.30. The molecule has 1 N–H and O–H groups in total. The van der Waals surface area contributed by atoms with Crippen molar-refractivity contribution in [3.8, 4) is 0 Å². The van der Waals surface area contributed by atoms with E-state index in [1.807, 2.05) is 24.1 Å². The summed E-state index contributed by atoms with van der Waals surface area (Å²) in [6.45, 7) is 2.48. The lowest BCUT2D eigenvalue weighted by atomic mass is 10.0. The average molecular weight is 349 g/mol. The third-order valence-corrected chi connectivity index (χ3v) is 5.05. The molecular formula is C20H23N5O. The Hall–Kier alpha value is -2.89. The number of fused-ring (bicyclic) bond motifs is 1. The minimum Gasteiger partial charge on any atom is -0.331 e. The van der Waals surface area contributed by atoms with Crippen molar-refractivity contribution in [2.45, 2.75) is 38.4 Å². The summed E-state index contributed by atoms with van der Waals surface area (Å²) in [5, 5.41) is 9.45. The van der Waals surface area contributed by atoms with Gasteiger partial charge in [0, 0.05) is 13.1 Å². The van der Waals surface area contributed by atoms with E-state index < -0.39 is 0 Å². The van der Waals surface area contributed by atoms with Crippen LogP contribution in [0, 0.1) is 0 Å². The van der Waals surface area contributed by atoms with E-state index in [0.717, 1.165) is 24.2 Å². The molecule has 4 rings (SSSR count). The highest BCUT2D eigenvalue weighted by atomic mass is 16.2. The Kier molecular flexibility index (Phi) is 4.32. The quantitative estimate of drug-likeness (QED) is 0.768. The van der Waals surface area contributed by atoms with Gasteiger partial charge in [-0.15, -0.1) is 0 Å². The molecule has 0 spiro atoms. The second-order valence-electron chi connectivity index (χ2n) is 6.88. The van der Waals surface area contributed by atoms with Crippen molar-refractivity contribution in [3.05, 3.63) is 60.2 Å². The molecule has 1 aliphatic carbocycles. The molecule has 1 aliphatic rings. The zero-order valence-corrected chi connectivity index (χ0v) is 15.1. The molecule has 1 saturated carbocycles. The number of benzene rings is 2. The molecule has 6 nitrogen and oxygen atoms in total. The SMILES string of the molecule is CC(c1ccc2ccccc2c1)N(C(=O)NCc1ncnn1C)C1CC1. The van der Waals surface area contributed by atoms with Crippen LogP contribution >= 0.6 is 0 Å². The number of aryl methyl sites for hydroxylation is 1. The van der Waals surface area contributed by atoms with Crippen molar-refractivity contribution in [1.82, 2.24) is 25.0 Å². The average Bonchev–Trinajstić information content (AvgIpc) is 3.40. The number of hydrogen-bond acceptors (Lipinski definition) is 3. The maximum absolute atomic E-state index is 12.9. The Morgan fingerprint density at radius 2 is 2.04 bits per heavy atom. The Balaban J connectivity index is 1.53. The Labute approximate surface area is 152 Å². The molecule has 2 aromatic carbocycles. The summed E-state index contributed by atoms with van der Waals surface area (Å²) in [4.78, 5) is 19.0. The molecular weight excluding hydrogens is 326 g/mol. The first-order valence-electron chi connectivity index (χ1n) is 9.01. The van der Waals surface area contributed by atoms with E-state index in [9.17, 15) is 4.79 Å². The maximum atomic E-state index is 12.9. The molecule has 0 bridgehead atoms. The zero-order chi connectivity index (χ0) is 18.1. The van der Waals surface area contributed by atoms with Crippen LogP contribution in [0.15, 0.2) is 48.8 Å². The number of nitrogens with one attached hydrogen (secondary N) is 1. The van der Waals surface area contributed by atoms with E-state index in [1.165, 1.54) is 17.1 Å². The lowest BCUT2D eigenvalue weighted by molar-refractivity contribution is 0.174. The highest BCUT2D eigenvalue weighted by Gasteiger charge is 2.36. The summed E-state index contributed by atoms with van der Waals surface area (Å²) in [5.41, 5.74) is 1.16. The first-order chi connectivity index (χ1) is 12.6. The van der Waals surface area contributed by atoms with Crippen LogP contribution in [0.25, 0.3) is 10.8 Å². The molecule has 2 amide bonds. The molecule has 1 atom stereocenters. The smallest absolute Gasteiger partial charge is 0.318 e. The van der Waals surface area contributed by atoms with E-state index in [2.05, 4.69) is 52.7 Å². The van der Waals surface area contributed by atoms with Crippen LogP contribution in [0.4, 0.5) is 4.79 Å². The van der Waals surface area contributed by atoms with Gasteiger partial charge in [0.15, 0.2) is 0 Å². The molecule has 1 unspecified atom stereocenters. The van der Waals surface area contributed by atoms with Crippen LogP contribution in [0.5, 0.6) is 0 Å². The Morgan fingerprint density at radius 3 is 2.73 bits per heavy atom. The summed E-state index contributed by atoms with van der Waals surface area (Å²) in [6.07, 6.45) is 3.63.